The number of anilines is 1. The number of hydrogen-bond donors (Lipinski definition) is 2. The van der Waals surface area contributed by atoms with Crippen molar-refractivity contribution in [2.75, 3.05) is 45.5 Å². The first-order valence-corrected chi connectivity index (χ1v) is 14.1. The third-order valence-corrected chi connectivity index (χ3v) is 7.59. The summed E-state index contributed by atoms with van der Waals surface area (Å²) in [5.74, 6) is 1.05. The number of nitrogens with one attached hydrogen (secondary N) is 1. The molecule has 12 nitrogen and oxygen atoms in total. The predicted molar refractivity (Wildman–Crippen MR) is 164 cm³/mol. The molecule has 2 aromatic carbocycles. The molecule has 12 heteroatoms. The second kappa shape index (κ2) is 12.5. The molecule has 2 aromatic heterocycles. The molecule has 3 N–H and O–H groups in total. The van der Waals surface area contributed by atoms with Crippen LogP contribution in [0.1, 0.15) is 13.8 Å². The van der Waals surface area contributed by atoms with Crippen molar-refractivity contribution in [1.29, 1.82) is 5.26 Å². The number of likely N-dealkylation sites (N-methyl/N-ethyl adjacent to an activating group) is 1. The summed E-state index contributed by atoms with van der Waals surface area (Å²) in [7, 11) is 1.62. The van der Waals surface area contributed by atoms with E-state index >= 15 is 0 Å². The molecule has 0 radical (unpaired) electrons. The molecule has 0 saturated carbocycles. The third-order valence-electron chi connectivity index (χ3n) is 7.59. The number of para-hydroxylation sites is 1. The van der Waals surface area contributed by atoms with Gasteiger partial charge < -0.3 is 20.7 Å². The second-order valence-electron chi connectivity index (χ2n) is 10.9. The number of aromatic nitrogens is 4. The summed E-state index contributed by atoms with van der Waals surface area (Å²) in [5.41, 5.74) is 6.71. The highest BCUT2D eigenvalue weighted by Gasteiger charge is 2.28. The number of rotatable bonds is 9. The van der Waals surface area contributed by atoms with Crippen molar-refractivity contribution in [3.63, 3.8) is 0 Å². The van der Waals surface area contributed by atoms with Crippen LogP contribution in [0, 0.1) is 11.3 Å². The molecule has 3 heterocycles. The number of ether oxygens (including phenoxy) is 1. The Kier molecular flexibility index (Phi) is 8.56. The van der Waals surface area contributed by atoms with E-state index in [9.17, 15) is 14.9 Å². The monoisotopic (exact) mass is 581 g/mol. The van der Waals surface area contributed by atoms with Gasteiger partial charge in [-0.1, -0.05) is 18.2 Å². The molecule has 1 aliphatic heterocycles. The van der Waals surface area contributed by atoms with E-state index in [2.05, 4.69) is 26.3 Å². The highest BCUT2D eigenvalue weighted by Crippen LogP contribution is 2.25. The summed E-state index contributed by atoms with van der Waals surface area (Å²) >= 11 is 0. The summed E-state index contributed by atoms with van der Waals surface area (Å²) < 4.78 is 8.80. The highest BCUT2D eigenvalue weighted by atomic mass is 16.5. The number of nitriles is 1. The molecule has 1 saturated heterocycles. The Balaban J connectivity index is 1.38. The summed E-state index contributed by atoms with van der Waals surface area (Å²) in [6, 6.07) is 18.5. The van der Waals surface area contributed by atoms with Crippen molar-refractivity contribution in [1.82, 2.24) is 34.2 Å². The fourth-order valence-electron chi connectivity index (χ4n) is 5.22. The van der Waals surface area contributed by atoms with E-state index in [1.807, 2.05) is 44.2 Å². The third kappa shape index (κ3) is 6.28. The van der Waals surface area contributed by atoms with E-state index in [0.717, 1.165) is 26.2 Å². The average molecular weight is 582 g/mol. The largest absolute Gasteiger partial charge is 0.457 e. The van der Waals surface area contributed by atoms with Crippen LogP contribution in [0.3, 0.4) is 0 Å². The van der Waals surface area contributed by atoms with Crippen LogP contribution >= 0.6 is 0 Å². The van der Waals surface area contributed by atoms with Crippen LogP contribution in [-0.4, -0.2) is 80.1 Å². The lowest BCUT2D eigenvalue weighted by molar-refractivity contribution is -0.125. The number of nitrogen functional groups attached to an aromatic ring is 1. The minimum absolute atomic E-state index is 0.0604. The molecule has 222 valence electrons. The summed E-state index contributed by atoms with van der Waals surface area (Å²) in [5, 5.41) is 13.2. The molecular formula is C31H35N9O3. The fourth-order valence-corrected chi connectivity index (χ4v) is 5.22. The number of fused-ring (bicyclic) bond motifs is 1. The van der Waals surface area contributed by atoms with Gasteiger partial charge in [0, 0.05) is 51.9 Å². The molecule has 0 atom stereocenters. The van der Waals surface area contributed by atoms with Crippen molar-refractivity contribution >= 4 is 22.9 Å². The molecule has 1 fully saturated rings. The minimum Gasteiger partial charge on any atom is -0.457 e. The van der Waals surface area contributed by atoms with Gasteiger partial charge in [-0.05, 0) is 56.3 Å². The maximum absolute atomic E-state index is 13.7. The minimum atomic E-state index is -0.468. The van der Waals surface area contributed by atoms with Gasteiger partial charge in [-0.25, -0.2) is 14.8 Å². The van der Waals surface area contributed by atoms with Crippen molar-refractivity contribution < 1.29 is 9.53 Å². The van der Waals surface area contributed by atoms with Crippen LogP contribution in [0.4, 0.5) is 5.82 Å². The van der Waals surface area contributed by atoms with Gasteiger partial charge in [-0.3, -0.25) is 18.8 Å². The SMILES string of the molecule is CN(CCn1c(=O)n(-c2ccc(Oc3ccccc3)cc2)c2c(N)ncnc21)C(=O)C(C#N)=CC(C)(C)N1CCNCC1. The van der Waals surface area contributed by atoms with Crippen LogP contribution in [0.25, 0.3) is 16.9 Å². The standard InChI is InChI=1S/C31H35N9O3/c1-31(2,38-15-13-34-14-16-38)19-22(20-32)29(41)37(3)17-18-39-28-26(27(33)35-21-36-28)40(30(39)42)23-9-11-25(12-10-23)43-24-7-5-4-6-8-24/h4-12,19,21,34H,13-18H2,1-3H3,(H2,33,35,36). The van der Waals surface area contributed by atoms with Gasteiger partial charge in [-0.2, -0.15) is 5.26 Å². The molecule has 0 bridgehead atoms. The molecule has 4 aromatic rings. The number of benzene rings is 2. The Hall–Kier alpha value is -4.99. The lowest BCUT2D eigenvalue weighted by Gasteiger charge is -2.39. The predicted octanol–water partition coefficient (Wildman–Crippen LogP) is 2.55. The molecule has 1 aliphatic rings. The van der Waals surface area contributed by atoms with Crippen molar-refractivity contribution in [3.05, 3.63) is 83.1 Å². The Bertz CT molecular complexity index is 1730. The number of imidazole rings is 1. The number of nitrogens with two attached hydrogens (primary N) is 1. The molecular weight excluding hydrogens is 546 g/mol. The Morgan fingerprint density at radius 1 is 1.12 bits per heavy atom. The molecule has 0 aliphatic carbocycles. The van der Waals surface area contributed by atoms with Gasteiger partial charge in [0.2, 0.25) is 0 Å². The summed E-state index contributed by atoms with van der Waals surface area (Å²) in [6.45, 7) is 7.67. The molecule has 5 rings (SSSR count). The zero-order chi connectivity index (χ0) is 30.6. The van der Waals surface area contributed by atoms with Crippen LogP contribution in [-0.2, 0) is 11.3 Å². The fraction of sp³-hybridized carbons (Fsp3) is 0.323. The quantitative estimate of drug-likeness (QED) is 0.225. The number of nitrogens with zero attached hydrogens (tertiary/aromatic N) is 7. The summed E-state index contributed by atoms with van der Waals surface area (Å²) in [6.07, 6.45) is 3.03. The number of piperazine rings is 1. The van der Waals surface area contributed by atoms with Crippen LogP contribution in [0.5, 0.6) is 11.5 Å². The number of hydrogen-bond acceptors (Lipinski definition) is 9. The molecule has 0 spiro atoms. The summed E-state index contributed by atoms with van der Waals surface area (Å²) in [4.78, 5) is 39.2. The van der Waals surface area contributed by atoms with E-state index in [1.54, 1.807) is 37.4 Å². The van der Waals surface area contributed by atoms with Crippen LogP contribution < -0.4 is 21.5 Å². The first-order chi connectivity index (χ1) is 20.7. The van der Waals surface area contributed by atoms with Crippen LogP contribution in [0.2, 0.25) is 0 Å². The Morgan fingerprint density at radius 3 is 2.47 bits per heavy atom. The molecule has 43 heavy (non-hydrogen) atoms. The van der Waals surface area contributed by atoms with E-state index in [1.165, 1.54) is 20.4 Å². The van der Waals surface area contributed by atoms with Gasteiger partial charge in [-0.15, -0.1) is 0 Å². The van der Waals surface area contributed by atoms with E-state index in [4.69, 9.17) is 10.5 Å². The van der Waals surface area contributed by atoms with Gasteiger partial charge in [0.15, 0.2) is 11.5 Å². The van der Waals surface area contributed by atoms with Crippen LogP contribution in [0.15, 0.2) is 77.4 Å². The van der Waals surface area contributed by atoms with Crippen molar-refractivity contribution in [2.45, 2.75) is 25.9 Å². The highest BCUT2D eigenvalue weighted by molar-refractivity contribution is 5.97. The lowest BCUT2D eigenvalue weighted by atomic mass is 9.97. The van der Waals surface area contributed by atoms with E-state index in [-0.39, 0.29) is 30.2 Å². The maximum Gasteiger partial charge on any atom is 0.335 e. The van der Waals surface area contributed by atoms with Crippen molar-refractivity contribution in [2.24, 2.45) is 0 Å². The van der Waals surface area contributed by atoms with E-state index in [0.29, 0.717) is 28.4 Å². The smallest absolute Gasteiger partial charge is 0.335 e. The second-order valence-corrected chi connectivity index (χ2v) is 10.9. The normalized spacial score (nSPS) is 14.4. The molecule has 1 amide bonds. The molecule has 0 unspecified atom stereocenters. The maximum atomic E-state index is 13.7. The average Bonchev–Trinajstić information content (AvgIpc) is 3.31. The lowest BCUT2D eigenvalue weighted by Crippen LogP contribution is -2.52. The first kappa shape index (κ1) is 29.5. The Labute approximate surface area is 249 Å². The first-order valence-electron chi connectivity index (χ1n) is 14.1. The zero-order valence-electron chi connectivity index (χ0n) is 24.5. The van der Waals surface area contributed by atoms with Crippen molar-refractivity contribution in [3.8, 4) is 23.3 Å². The number of carbonyl (C=O) groups excluding carboxylic acids is 1. The van der Waals surface area contributed by atoms with Gasteiger partial charge in [0.05, 0.1) is 5.69 Å². The number of carbonyl (C=O) groups is 1. The van der Waals surface area contributed by atoms with Gasteiger partial charge >= 0.3 is 5.69 Å². The van der Waals surface area contributed by atoms with E-state index < -0.39 is 11.4 Å². The number of amides is 1. The Morgan fingerprint density at radius 2 is 1.79 bits per heavy atom. The van der Waals surface area contributed by atoms with Gasteiger partial charge in [0.1, 0.15) is 35.0 Å². The zero-order valence-corrected chi connectivity index (χ0v) is 24.5. The topological polar surface area (TPSA) is 147 Å². The van der Waals surface area contributed by atoms with Gasteiger partial charge in [0.25, 0.3) is 5.91 Å².